The molecule has 2 amide bonds. The molecule has 3 aliphatic rings. The molecule has 0 unspecified atom stereocenters. The van der Waals surface area contributed by atoms with E-state index in [1.54, 1.807) is 7.11 Å². The standard InChI is InChI=1S/C19H27N3O2/c1-24-14-6-4-13(5-7-14)3-2-10-21-19(23)22-17-8-9-18(22)16-12-20-11-15(16)17/h4-7,15-18,20H,2-3,8-12H2,1H3,(H,21,23)/t15-,16+,17-,18+. The van der Waals surface area contributed by atoms with Gasteiger partial charge in [0.1, 0.15) is 5.75 Å². The summed E-state index contributed by atoms with van der Waals surface area (Å²) in [6.07, 6.45) is 4.32. The van der Waals surface area contributed by atoms with E-state index in [-0.39, 0.29) is 6.03 Å². The van der Waals surface area contributed by atoms with Crippen LogP contribution in [-0.4, -0.2) is 49.8 Å². The first-order valence-corrected chi connectivity index (χ1v) is 9.18. The predicted molar refractivity (Wildman–Crippen MR) is 93.2 cm³/mol. The maximum Gasteiger partial charge on any atom is 0.317 e. The normalized spacial score (nSPS) is 30.5. The summed E-state index contributed by atoms with van der Waals surface area (Å²) in [6.45, 7) is 2.93. The van der Waals surface area contributed by atoms with Gasteiger partial charge in [0, 0.05) is 31.7 Å². The van der Waals surface area contributed by atoms with Gasteiger partial charge < -0.3 is 20.3 Å². The quantitative estimate of drug-likeness (QED) is 0.813. The molecule has 4 rings (SSSR count). The number of urea groups is 1. The highest BCUT2D eigenvalue weighted by Crippen LogP contribution is 2.47. The molecule has 4 atom stereocenters. The van der Waals surface area contributed by atoms with Crippen LogP contribution < -0.4 is 15.4 Å². The molecular weight excluding hydrogens is 302 g/mol. The van der Waals surface area contributed by atoms with E-state index < -0.39 is 0 Å². The number of carbonyl (C=O) groups excluding carboxylic acids is 1. The molecule has 0 aromatic heterocycles. The number of methoxy groups -OCH3 is 1. The molecule has 1 aromatic rings. The van der Waals surface area contributed by atoms with Crippen LogP contribution >= 0.6 is 0 Å². The molecule has 3 heterocycles. The van der Waals surface area contributed by atoms with Crippen LogP contribution in [-0.2, 0) is 6.42 Å². The fourth-order valence-corrected chi connectivity index (χ4v) is 4.94. The average molecular weight is 329 g/mol. The third kappa shape index (κ3) is 2.75. The number of benzene rings is 1. The molecule has 3 aliphatic heterocycles. The minimum atomic E-state index is 0.159. The zero-order valence-corrected chi connectivity index (χ0v) is 14.3. The van der Waals surface area contributed by atoms with Gasteiger partial charge in [-0.2, -0.15) is 0 Å². The number of ether oxygens (including phenoxy) is 1. The molecule has 5 heteroatoms. The van der Waals surface area contributed by atoms with Crippen LogP contribution in [0.1, 0.15) is 24.8 Å². The van der Waals surface area contributed by atoms with Crippen LogP contribution in [0.4, 0.5) is 4.79 Å². The van der Waals surface area contributed by atoms with Gasteiger partial charge in [0.2, 0.25) is 0 Å². The van der Waals surface area contributed by atoms with Gasteiger partial charge in [0.25, 0.3) is 0 Å². The lowest BCUT2D eigenvalue weighted by atomic mass is 9.82. The number of hydrogen-bond acceptors (Lipinski definition) is 3. The Hall–Kier alpha value is -1.75. The zero-order chi connectivity index (χ0) is 16.5. The fourth-order valence-electron chi connectivity index (χ4n) is 4.94. The Labute approximate surface area is 143 Å². The van der Waals surface area contributed by atoms with Gasteiger partial charge in [-0.1, -0.05) is 12.1 Å². The van der Waals surface area contributed by atoms with Gasteiger partial charge in [0.15, 0.2) is 0 Å². The van der Waals surface area contributed by atoms with E-state index in [9.17, 15) is 4.79 Å². The largest absolute Gasteiger partial charge is 0.497 e. The predicted octanol–water partition coefficient (Wildman–Crippen LogP) is 2.02. The number of nitrogens with zero attached hydrogens (tertiary/aromatic N) is 1. The Morgan fingerprint density at radius 3 is 2.50 bits per heavy atom. The summed E-state index contributed by atoms with van der Waals surface area (Å²) in [4.78, 5) is 14.8. The van der Waals surface area contributed by atoms with Crippen LogP contribution in [0, 0.1) is 11.8 Å². The van der Waals surface area contributed by atoms with E-state index in [0.717, 1.165) is 38.2 Å². The van der Waals surface area contributed by atoms with Crippen LogP contribution in [0.25, 0.3) is 0 Å². The molecule has 0 saturated carbocycles. The summed E-state index contributed by atoms with van der Waals surface area (Å²) in [5, 5.41) is 6.65. The van der Waals surface area contributed by atoms with E-state index in [2.05, 4.69) is 27.7 Å². The smallest absolute Gasteiger partial charge is 0.317 e. The highest BCUT2D eigenvalue weighted by atomic mass is 16.5. The zero-order valence-electron chi connectivity index (χ0n) is 14.3. The van der Waals surface area contributed by atoms with Crippen LogP contribution in [0.2, 0.25) is 0 Å². The number of rotatable bonds is 5. The highest BCUT2D eigenvalue weighted by Gasteiger charge is 2.56. The molecule has 0 aliphatic carbocycles. The third-order valence-electron chi connectivity index (χ3n) is 6.08. The highest BCUT2D eigenvalue weighted by molar-refractivity contribution is 5.76. The lowest BCUT2D eigenvalue weighted by molar-refractivity contribution is 0.185. The van der Waals surface area contributed by atoms with Crippen molar-refractivity contribution in [2.45, 2.75) is 37.8 Å². The van der Waals surface area contributed by atoms with E-state index in [4.69, 9.17) is 4.74 Å². The average Bonchev–Trinajstić information content (AvgIpc) is 3.30. The van der Waals surface area contributed by atoms with Crippen molar-refractivity contribution in [2.24, 2.45) is 11.8 Å². The summed E-state index contributed by atoms with van der Waals surface area (Å²) >= 11 is 0. The maximum atomic E-state index is 12.6. The van der Waals surface area contributed by atoms with Gasteiger partial charge >= 0.3 is 6.03 Å². The van der Waals surface area contributed by atoms with Crippen molar-refractivity contribution in [3.8, 4) is 5.75 Å². The number of fused-ring (bicyclic) bond motifs is 5. The first kappa shape index (κ1) is 15.8. The second kappa shape index (κ2) is 6.63. The second-order valence-corrected chi connectivity index (χ2v) is 7.29. The van der Waals surface area contributed by atoms with Crippen LogP contribution in [0.15, 0.2) is 24.3 Å². The van der Waals surface area contributed by atoms with Crippen molar-refractivity contribution in [3.05, 3.63) is 29.8 Å². The molecule has 2 N–H and O–H groups in total. The minimum Gasteiger partial charge on any atom is -0.497 e. The minimum absolute atomic E-state index is 0.159. The number of amides is 2. The summed E-state index contributed by atoms with van der Waals surface area (Å²) in [5.41, 5.74) is 1.28. The van der Waals surface area contributed by atoms with Gasteiger partial charge in [-0.15, -0.1) is 0 Å². The lowest BCUT2D eigenvalue weighted by Gasteiger charge is -2.25. The number of nitrogens with one attached hydrogen (secondary N) is 2. The molecule has 3 fully saturated rings. The van der Waals surface area contributed by atoms with E-state index in [1.807, 2.05) is 12.1 Å². The second-order valence-electron chi connectivity index (χ2n) is 7.29. The maximum absolute atomic E-state index is 12.6. The summed E-state index contributed by atoms with van der Waals surface area (Å²) in [5.74, 6) is 2.26. The van der Waals surface area contributed by atoms with Crippen molar-refractivity contribution >= 4 is 6.03 Å². The lowest BCUT2D eigenvalue weighted by Crippen LogP contribution is -2.45. The van der Waals surface area contributed by atoms with E-state index >= 15 is 0 Å². The molecule has 2 bridgehead atoms. The fraction of sp³-hybridized carbons (Fsp3) is 0.632. The molecule has 3 saturated heterocycles. The van der Waals surface area contributed by atoms with Gasteiger partial charge in [0.05, 0.1) is 7.11 Å². The Morgan fingerprint density at radius 1 is 1.21 bits per heavy atom. The van der Waals surface area contributed by atoms with Crippen molar-refractivity contribution < 1.29 is 9.53 Å². The summed E-state index contributed by atoms with van der Waals surface area (Å²) in [7, 11) is 1.68. The van der Waals surface area contributed by atoms with Crippen molar-refractivity contribution in [1.29, 1.82) is 0 Å². The first-order chi connectivity index (χ1) is 11.8. The third-order valence-corrected chi connectivity index (χ3v) is 6.08. The Balaban J connectivity index is 1.24. The molecule has 0 radical (unpaired) electrons. The Bertz CT molecular complexity index is 571. The van der Waals surface area contributed by atoms with Crippen LogP contribution in [0.5, 0.6) is 5.75 Å². The van der Waals surface area contributed by atoms with Crippen molar-refractivity contribution in [2.75, 3.05) is 26.7 Å². The monoisotopic (exact) mass is 329 g/mol. The van der Waals surface area contributed by atoms with Gasteiger partial charge in [-0.25, -0.2) is 4.79 Å². The van der Waals surface area contributed by atoms with E-state index in [1.165, 1.54) is 18.4 Å². The Morgan fingerprint density at radius 2 is 1.88 bits per heavy atom. The molecule has 5 nitrogen and oxygen atoms in total. The first-order valence-electron chi connectivity index (χ1n) is 9.18. The van der Waals surface area contributed by atoms with Crippen molar-refractivity contribution in [3.63, 3.8) is 0 Å². The molecular formula is C19H27N3O2. The van der Waals surface area contributed by atoms with Crippen molar-refractivity contribution in [1.82, 2.24) is 15.5 Å². The summed E-state index contributed by atoms with van der Waals surface area (Å²) in [6, 6.07) is 9.26. The molecule has 0 spiro atoms. The molecule has 130 valence electrons. The van der Waals surface area contributed by atoms with Gasteiger partial charge in [-0.05, 0) is 55.2 Å². The van der Waals surface area contributed by atoms with Crippen LogP contribution in [0.3, 0.4) is 0 Å². The number of carbonyl (C=O) groups is 1. The SMILES string of the molecule is COc1ccc(CCCNC(=O)N2[C@@H]3CC[C@H]2[C@H]2CNC[C@H]23)cc1. The number of aryl methyl sites for hydroxylation is 1. The number of hydrogen-bond donors (Lipinski definition) is 2. The molecule has 24 heavy (non-hydrogen) atoms. The topological polar surface area (TPSA) is 53.6 Å². The Kier molecular flexibility index (Phi) is 4.35. The summed E-state index contributed by atoms with van der Waals surface area (Å²) < 4.78 is 5.17. The van der Waals surface area contributed by atoms with E-state index in [0.29, 0.717) is 23.9 Å². The van der Waals surface area contributed by atoms with Gasteiger partial charge in [-0.3, -0.25) is 0 Å². The molecule has 1 aromatic carbocycles.